The van der Waals surface area contributed by atoms with Crippen LogP contribution in [0.2, 0.25) is 0 Å². The summed E-state index contributed by atoms with van der Waals surface area (Å²) in [6, 6.07) is 0. The van der Waals surface area contributed by atoms with E-state index in [9.17, 15) is 0 Å². The van der Waals surface area contributed by atoms with Crippen LogP contribution in [0.1, 0.15) is 33.6 Å². The van der Waals surface area contributed by atoms with Crippen molar-refractivity contribution in [1.82, 2.24) is 0 Å². The summed E-state index contributed by atoms with van der Waals surface area (Å²) in [4.78, 5) is 0. The molecule has 0 N–H and O–H groups in total. The zero-order chi connectivity index (χ0) is 9.19. The molecule has 0 aromatic heterocycles. The molecule has 0 nitrogen and oxygen atoms in total. The van der Waals surface area contributed by atoms with E-state index in [4.69, 9.17) is 0 Å². The van der Waals surface area contributed by atoms with Crippen LogP contribution in [0.3, 0.4) is 0 Å². The van der Waals surface area contributed by atoms with Crippen LogP contribution in [0, 0.1) is 18.3 Å². The van der Waals surface area contributed by atoms with E-state index in [1.54, 1.807) is 0 Å². The van der Waals surface area contributed by atoms with Crippen molar-refractivity contribution in [3.05, 3.63) is 30.7 Å². The maximum absolute atomic E-state index is 4.25. The molecular weight excluding hydrogens is 144 g/mol. The van der Waals surface area contributed by atoms with E-state index in [0.29, 0.717) is 5.92 Å². The highest BCUT2D eigenvalue weighted by Gasteiger charge is 2.23. The maximum atomic E-state index is 4.25. The van der Waals surface area contributed by atoms with Gasteiger partial charge < -0.3 is 0 Å². The topological polar surface area (TPSA) is 0 Å². The predicted molar refractivity (Wildman–Crippen MR) is 54.8 cm³/mol. The normalized spacial score (nSPS) is 29.2. The molecule has 1 rings (SSSR count). The smallest absolute Gasteiger partial charge is 0.00801 e. The van der Waals surface area contributed by atoms with Crippen molar-refractivity contribution in [2.75, 3.05) is 0 Å². The maximum Gasteiger partial charge on any atom is -0.00801 e. The van der Waals surface area contributed by atoms with Crippen LogP contribution in [-0.2, 0) is 0 Å². The summed E-state index contributed by atoms with van der Waals surface area (Å²) >= 11 is 0. The fraction of sp³-hybridized carbons (Fsp3) is 0.583. The highest BCUT2D eigenvalue weighted by Crippen LogP contribution is 2.36. The molecule has 1 aliphatic carbocycles. The molecule has 1 radical (unpaired) electrons. The second-order valence-electron chi connectivity index (χ2n) is 4.15. The van der Waals surface area contributed by atoms with Gasteiger partial charge in [-0.1, -0.05) is 44.6 Å². The first-order chi connectivity index (χ1) is 5.57. The Balaban J connectivity index is 2.73. The van der Waals surface area contributed by atoms with Crippen LogP contribution in [0.4, 0.5) is 0 Å². The number of allylic oxidation sites excluding steroid dienone is 4. The van der Waals surface area contributed by atoms with Crippen molar-refractivity contribution < 1.29 is 0 Å². The molecule has 0 saturated heterocycles. The zero-order valence-corrected chi connectivity index (χ0v) is 8.43. The second-order valence-corrected chi connectivity index (χ2v) is 4.15. The monoisotopic (exact) mass is 163 g/mol. The molecule has 12 heavy (non-hydrogen) atoms. The van der Waals surface area contributed by atoms with E-state index in [1.165, 1.54) is 5.57 Å². The third-order valence-electron chi connectivity index (χ3n) is 2.76. The average Bonchev–Trinajstić information content (AvgIpc) is 2.05. The van der Waals surface area contributed by atoms with E-state index in [0.717, 1.165) is 12.8 Å². The van der Waals surface area contributed by atoms with E-state index in [2.05, 4.69) is 45.9 Å². The number of hydrogen-bond acceptors (Lipinski definition) is 0. The molecule has 1 aliphatic rings. The third kappa shape index (κ3) is 2.00. The van der Waals surface area contributed by atoms with Gasteiger partial charge in [-0.15, -0.1) is 0 Å². The Hall–Kier alpha value is -0.520. The third-order valence-corrected chi connectivity index (χ3v) is 2.76. The SMILES string of the molecule is [CH2]C1(CC)C=CC=C(C(C)C)C1. The summed E-state index contributed by atoms with van der Waals surface area (Å²) in [5, 5.41) is 0. The summed E-state index contributed by atoms with van der Waals surface area (Å²) in [5.41, 5.74) is 1.71. The molecule has 0 amide bonds. The molecule has 0 saturated carbocycles. The van der Waals surface area contributed by atoms with Gasteiger partial charge in [0, 0.05) is 0 Å². The van der Waals surface area contributed by atoms with Gasteiger partial charge in [-0.2, -0.15) is 0 Å². The lowest BCUT2D eigenvalue weighted by Crippen LogP contribution is -2.17. The van der Waals surface area contributed by atoms with Crippen LogP contribution in [0.25, 0.3) is 0 Å². The Kier molecular flexibility index (Phi) is 2.76. The predicted octanol–water partition coefficient (Wildman–Crippen LogP) is 3.76. The Bertz CT molecular complexity index is 208. The minimum absolute atomic E-state index is 0.175. The second kappa shape index (κ2) is 3.47. The Morgan fingerprint density at radius 2 is 2.25 bits per heavy atom. The molecule has 67 valence electrons. The van der Waals surface area contributed by atoms with E-state index >= 15 is 0 Å². The van der Waals surface area contributed by atoms with Gasteiger partial charge in [0.25, 0.3) is 0 Å². The lowest BCUT2D eigenvalue weighted by atomic mass is 9.75. The molecule has 0 spiro atoms. The van der Waals surface area contributed by atoms with Gasteiger partial charge >= 0.3 is 0 Å². The molecule has 1 atom stereocenters. The van der Waals surface area contributed by atoms with Crippen molar-refractivity contribution in [3.63, 3.8) is 0 Å². The Morgan fingerprint density at radius 1 is 1.58 bits per heavy atom. The minimum atomic E-state index is 0.175. The Morgan fingerprint density at radius 3 is 2.75 bits per heavy atom. The van der Waals surface area contributed by atoms with Crippen molar-refractivity contribution in [2.24, 2.45) is 11.3 Å². The molecule has 0 fully saturated rings. The zero-order valence-electron chi connectivity index (χ0n) is 8.43. The van der Waals surface area contributed by atoms with Crippen molar-refractivity contribution in [3.8, 4) is 0 Å². The minimum Gasteiger partial charge on any atom is -0.0780 e. The number of rotatable bonds is 2. The molecule has 0 heterocycles. The van der Waals surface area contributed by atoms with Crippen LogP contribution in [0.15, 0.2) is 23.8 Å². The lowest BCUT2D eigenvalue weighted by Gasteiger charge is -2.29. The first-order valence-electron chi connectivity index (χ1n) is 4.81. The molecular formula is C12H19. The van der Waals surface area contributed by atoms with Crippen LogP contribution in [0.5, 0.6) is 0 Å². The van der Waals surface area contributed by atoms with Crippen molar-refractivity contribution >= 4 is 0 Å². The molecule has 0 aromatic rings. The molecule has 0 aromatic carbocycles. The summed E-state index contributed by atoms with van der Waals surface area (Å²) < 4.78 is 0. The lowest BCUT2D eigenvalue weighted by molar-refractivity contribution is 0.439. The summed E-state index contributed by atoms with van der Waals surface area (Å²) in [7, 11) is 0. The van der Waals surface area contributed by atoms with Crippen molar-refractivity contribution in [2.45, 2.75) is 33.6 Å². The fourth-order valence-corrected chi connectivity index (χ4v) is 1.54. The summed E-state index contributed by atoms with van der Waals surface area (Å²) in [6.45, 7) is 11.0. The molecule has 0 bridgehead atoms. The Labute approximate surface area is 76.4 Å². The van der Waals surface area contributed by atoms with Gasteiger partial charge in [0.15, 0.2) is 0 Å². The molecule has 1 unspecified atom stereocenters. The number of hydrogen-bond donors (Lipinski definition) is 0. The van der Waals surface area contributed by atoms with E-state index in [-0.39, 0.29) is 5.41 Å². The van der Waals surface area contributed by atoms with Gasteiger partial charge in [-0.05, 0) is 31.1 Å². The van der Waals surface area contributed by atoms with Gasteiger partial charge in [-0.3, -0.25) is 0 Å². The summed E-state index contributed by atoms with van der Waals surface area (Å²) in [5.74, 6) is 0.669. The van der Waals surface area contributed by atoms with Crippen molar-refractivity contribution in [1.29, 1.82) is 0 Å². The standard InChI is InChI=1S/C12H19/c1-5-12(4)8-6-7-11(9-12)10(2)3/h6-8,10H,4-5,9H2,1-3H3. The average molecular weight is 163 g/mol. The first-order valence-corrected chi connectivity index (χ1v) is 4.81. The first kappa shape index (κ1) is 9.57. The van der Waals surface area contributed by atoms with Crippen LogP contribution < -0.4 is 0 Å². The van der Waals surface area contributed by atoms with Crippen LogP contribution >= 0.6 is 0 Å². The molecule has 0 heteroatoms. The van der Waals surface area contributed by atoms with Gasteiger partial charge in [0.1, 0.15) is 0 Å². The highest BCUT2D eigenvalue weighted by atomic mass is 14.3. The van der Waals surface area contributed by atoms with E-state index in [1.807, 2.05) is 0 Å². The fourth-order valence-electron chi connectivity index (χ4n) is 1.54. The quantitative estimate of drug-likeness (QED) is 0.581. The van der Waals surface area contributed by atoms with E-state index < -0.39 is 0 Å². The van der Waals surface area contributed by atoms with Gasteiger partial charge in [0.05, 0.1) is 0 Å². The largest absolute Gasteiger partial charge is 0.0780 e. The van der Waals surface area contributed by atoms with Crippen LogP contribution in [-0.4, -0.2) is 0 Å². The van der Waals surface area contributed by atoms with Gasteiger partial charge in [0.2, 0.25) is 0 Å². The highest BCUT2D eigenvalue weighted by molar-refractivity contribution is 5.25. The summed E-state index contributed by atoms with van der Waals surface area (Å²) in [6.07, 6.45) is 8.91. The molecule has 0 aliphatic heterocycles. The van der Waals surface area contributed by atoms with Gasteiger partial charge in [-0.25, -0.2) is 0 Å².